The second-order valence-electron chi connectivity index (χ2n) is 7.65. The molecule has 1 fully saturated rings. The number of nitrogens with zero attached hydrogens (tertiary/aromatic N) is 1. The molecule has 156 valence electrons. The molecule has 2 atom stereocenters. The van der Waals surface area contributed by atoms with Crippen molar-refractivity contribution in [1.82, 2.24) is 0 Å². The highest BCUT2D eigenvalue weighted by atomic mass is 19.3. The summed E-state index contributed by atoms with van der Waals surface area (Å²) in [6.07, 6.45) is 8.86. The van der Waals surface area contributed by atoms with Crippen LogP contribution in [0.25, 0.3) is 0 Å². The monoisotopic (exact) mass is 407 g/mol. The highest BCUT2D eigenvalue weighted by Crippen LogP contribution is 2.55. The molecule has 0 aromatic heterocycles. The van der Waals surface area contributed by atoms with Gasteiger partial charge in [-0.2, -0.15) is 0 Å². The van der Waals surface area contributed by atoms with Crippen molar-refractivity contribution in [3.63, 3.8) is 0 Å². The van der Waals surface area contributed by atoms with Crippen LogP contribution >= 0.6 is 0 Å². The summed E-state index contributed by atoms with van der Waals surface area (Å²) in [7, 11) is 0. The number of halogens is 4. The van der Waals surface area contributed by atoms with Crippen LogP contribution in [0.4, 0.5) is 23.2 Å². The van der Waals surface area contributed by atoms with Gasteiger partial charge < -0.3 is 0 Å². The van der Waals surface area contributed by atoms with Gasteiger partial charge in [0.2, 0.25) is 0 Å². The van der Waals surface area contributed by atoms with Crippen molar-refractivity contribution in [2.24, 2.45) is 10.9 Å². The first-order chi connectivity index (χ1) is 13.5. The van der Waals surface area contributed by atoms with Gasteiger partial charge in [-0.15, -0.1) is 6.42 Å². The number of carbonyl (C=O) groups is 1. The molecule has 2 unspecified atom stereocenters. The van der Waals surface area contributed by atoms with Crippen molar-refractivity contribution in [2.75, 3.05) is 0 Å². The molecule has 2 nitrogen and oxygen atoms in total. The maximum Gasteiger partial charge on any atom is 0.281 e. The topological polar surface area (TPSA) is 29.4 Å². The summed E-state index contributed by atoms with van der Waals surface area (Å²) in [5, 5.41) is 0. The number of aryl methyl sites for hydroxylation is 2. The molecule has 0 amide bonds. The molecule has 0 aliphatic heterocycles. The first-order valence-electron chi connectivity index (χ1n) is 9.61. The molecule has 1 aliphatic rings. The molecule has 0 spiro atoms. The molecule has 0 bridgehead atoms. The minimum Gasteiger partial charge on any atom is -0.299 e. The Bertz CT molecular complexity index is 878. The van der Waals surface area contributed by atoms with Crippen LogP contribution in [-0.2, 0) is 11.2 Å². The Labute approximate surface area is 169 Å². The Balaban J connectivity index is 2.01. The lowest BCUT2D eigenvalue weighted by Gasteiger charge is -2.47. The fraction of sp³-hybridized carbons (Fsp3) is 0.478. The highest BCUT2D eigenvalue weighted by molar-refractivity contribution is 6.09. The fourth-order valence-electron chi connectivity index (χ4n) is 3.35. The molecule has 1 saturated carbocycles. The van der Waals surface area contributed by atoms with Gasteiger partial charge in [-0.3, -0.25) is 4.79 Å². The van der Waals surface area contributed by atoms with Gasteiger partial charge in [-0.25, -0.2) is 22.6 Å². The number of carbonyl (C=O) groups excluding carboxylic acids is 1. The number of allylic oxidation sites excluding steroid dienone is 2. The predicted molar refractivity (Wildman–Crippen MR) is 107 cm³/mol. The maximum atomic E-state index is 14.1. The van der Waals surface area contributed by atoms with E-state index >= 15 is 0 Å². The number of rotatable bonds is 8. The minimum atomic E-state index is -3.38. The molecule has 0 heterocycles. The first kappa shape index (κ1) is 22.9. The summed E-state index contributed by atoms with van der Waals surface area (Å²) in [6, 6.07) is 3.07. The zero-order valence-electron chi connectivity index (χ0n) is 16.9. The number of terminal acetylenes is 1. The molecule has 29 heavy (non-hydrogen) atoms. The van der Waals surface area contributed by atoms with E-state index in [4.69, 9.17) is 6.42 Å². The number of hydrogen-bond donors (Lipinski definition) is 0. The minimum absolute atomic E-state index is 0.0678. The third-order valence-electron chi connectivity index (χ3n) is 5.35. The van der Waals surface area contributed by atoms with Gasteiger partial charge in [0.1, 0.15) is 17.3 Å². The lowest BCUT2D eigenvalue weighted by molar-refractivity contribution is -0.242. The standard InChI is InChI=1S/C23H25F4NO/c1-5-8-16-11-15(3)21(13-20(16)24)28-18(6-2)9-7-10-19(29)12-17-14-23(26,27)22(17,4)25/h2,7,9,11,13,17H,5,8,10,12,14H2,1,3-4H3/b9-7+,28-18?. The van der Waals surface area contributed by atoms with E-state index in [1.165, 1.54) is 18.2 Å². The van der Waals surface area contributed by atoms with Crippen molar-refractivity contribution in [3.05, 3.63) is 41.2 Å². The van der Waals surface area contributed by atoms with Crippen molar-refractivity contribution in [3.8, 4) is 12.3 Å². The average Bonchev–Trinajstić information content (AvgIpc) is 2.64. The van der Waals surface area contributed by atoms with Crippen LogP contribution in [0.5, 0.6) is 0 Å². The maximum absolute atomic E-state index is 14.1. The van der Waals surface area contributed by atoms with Crippen molar-refractivity contribution in [2.45, 2.75) is 64.5 Å². The van der Waals surface area contributed by atoms with Gasteiger partial charge >= 0.3 is 0 Å². The number of ketones is 1. The number of hydrogen-bond acceptors (Lipinski definition) is 2. The van der Waals surface area contributed by atoms with Crippen LogP contribution in [0, 0.1) is 31.0 Å². The smallest absolute Gasteiger partial charge is 0.281 e. The normalized spacial score (nSPS) is 23.7. The molecular formula is C23H25F4NO. The zero-order chi connectivity index (χ0) is 21.8. The van der Waals surface area contributed by atoms with Gasteiger partial charge in [-0.1, -0.05) is 31.4 Å². The van der Waals surface area contributed by atoms with Crippen molar-refractivity contribution in [1.29, 1.82) is 0 Å². The van der Waals surface area contributed by atoms with Gasteiger partial charge in [0.15, 0.2) is 5.67 Å². The number of Topliss-reactive ketones (excluding diaryl/α,β-unsaturated/α-hetero) is 1. The predicted octanol–water partition coefficient (Wildman–Crippen LogP) is 6.08. The molecular weight excluding hydrogens is 382 g/mol. The molecule has 2 rings (SSSR count). The fourth-order valence-corrected chi connectivity index (χ4v) is 3.35. The van der Waals surface area contributed by atoms with E-state index in [-0.39, 0.29) is 30.2 Å². The van der Waals surface area contributed by atoms with Crippen LogP contribution in [0.3, 0.4) is 0 Å². The summed E-state index contributed by atoms with van der Waals surface area (Å²) in [5.74, 6) is -2.69. The summed E-state index contributed by atoms with van der Waals surface area (Å²) in [5.41, 5.74) is -0.650. The van der Waals surface area contributed by atoms with E-state index in [9.17, 15) is 22.4 Å². The van der Waals surface area contributed by atoms with E-state index < -0.39 is 23.9 Å². The van der Waals surface area contributed by atoms with E-state index in [0.717, 1.165) is 18.9 Å². The summed E-state index contributed by atoms with van der Waals surface area (Å²) in [4.78, 5) is 16.2. The number of aliphatic imine (C=N–C) groups is 1. The Morgan fingerprint density at radius 2 is 2.07 bits per heavy atom. The first-order valence-corrected chi connectivity index (χ1v) is 9.61. The molecule has 1 aromatic carbocycles. The molecule has 1 aliphatic carbocycles. The van der Waals surface area contributed by atoms with Gasteiger partial charge in [0.05, 0.1) is 5.69 Å². The van der Waals surface area contributed by atoms with Crippen LogP contribution < -0.4 is 0 Å². The Morgan fingerprint density at radius 1 is 1.38 bits per heavy atom. The van der Waals surface area contributed by atoms with Crippen molar-refractivity contribution < 1.29 is 22.4 Å². The number of benzene rings is 1. The van der Waals surface area contributed by atoms with Crippen LogP contribution in [0.15, 0.2) is 29.3 Å². The molecule has 0 radical (unpaired) electrons. The van der Waals surface area contributed by atoms with Gasteiger partial charge in [0, 0.05) is 31.2 Å². The van der Waals surface area contributed by atoms with Crippen molar-refractivity contribution >= 4 is 17.2 Å². The number of alkyl halides is 3. The second kappa shape index (κ2) is 8.94. The summed E-state index contributed by atoms with van der Waals surface area (Å²) >= 11 is 0. The Kier molecular flexibility index (Phi) is 7.05. The largest absolute Gasteiger partial charge is 0.299 e. The van der Waals surface area contributed by atoms with Crippen LogP contribution in [0.2, 0.25) is 0 Å². The Hall–Kier alpha value is -2.42. The molecule has 0 saturated heterocycles. The van der Waals surface area contributed by atoms with E-state index in [1.54, 1.807) is 13.0 Å². The van der Waals surface area contributed by atoms with Gasteiger partial charge in [-0.05, 0) is 37.5 Å². The molecule has 6 heteroatoms. The van der Waals surface area contributed by atoms with Crippen LogP contribution in [0.1, 0.15) is 50.7 Å². The molecule has 0 N–H and O–H groups in total. The summed E-state index contributed by atoms with van der Waals surface area (Å²) < 4.78 is 54.4. The lowest BCUT2D eigenvalue weighted by atomic mass is 9.66. The lowest BCUT2D eigenvalue weighted by Crippen LogP contribution is -2.60. The van der Waals surface area contributed by atoms with E-state index in [2.05, 4.69) is 10.9 Å². The van der Waals surface area contributed by atoms with Crippen LogP contribution in [-0.4, -0.2) is 23.1 Å². The SMILES string of the molecule is C#CC(/C=C/CC(=O)CC1CC(F)(F)C1(C)F)=Nc1cc(F)c(CCC)cc1C. The average molecular weight is 407 g/mol. The van der Waals surface area contributed by atoms with E-state index in [1.807, 2.05) is 6.92 Å². The highest BCUT2D eigenvalue weighted by Gasteiger charge is 2.66. The Morgan fingerprint density at radius 3 is 2.62 bits per heavy atom. The van der Waals surface area contributed by atoms with Gasteiger partial charge in [0.25, 0.3) is 5.92 Å². The third-order valence-corrected chi connectivity index (χ3v) is 5.35. The van der Waals surface area contributed by atoms with E-state index in [0.29, 0.717) is 17.7 Å². The molecule has 1 aromatic rings. The summed E-state index contributed by atoms with van der Waals surface area (Å²) in [6.45, 7) is 4.61. The zero-order valence-corrected chi connectivity index (χ0v) is 16.9. The second-order valence-corrected chi connectivity index (χ2v) is 7.65. The third kappa shape index (κ3) is 5.14. The quantitative estimate of drug-likeness (QED) is 0.292.